The summed E-state index contributed by atoms with van der Waals surface area (Å²) in [6.07, 6.45) is 3.31. The summed E-state index contributed by atoms with van der Waals surface area (Å²) in [6, 6.07) is 0. The Morgan fingerprint density at radius 2 is 1.82 bits per heavy atom. The van der Waals surface area contributed by atoms with Gasteiger partial charge in [-0.25, -0.2) is 0 Å². The van der Waals surface area contributed by atoms with Crippen LogP contribution in [0.2, 0.25) is 0 Å². The molecule has 1 N–H and O–H groups in total. The van der Waals surface area contributed by atoms with Gasteiger partial charge in [-0.3, -0.25) is 0 Å². The van der Waals surface area contributed by atoms with Crippen LogP contribution in [0.3, 0.4) is 0 Å². The van der Waals surface area contributed by atoms with Gasteiger partial charge >= 0.3 is 0 Å². The van der Waals surface area contributed by atoms with Crippen molar-refractivity contribution in [2.75, 3.05) is 0 Å². The van der Waals surface area contributed by atoms with E-state index in [0.717, 1.165) is 30.6 Å². The minimum Gasteiger partial charge on any atom is -0.393 e. The number of aliphatic hydroxyl groups is 1. The lowest BCUT2D eigenvalue weighted by atomic mass is 9.84. The first kappa shape index (κ1) is 9.05. The van der Waals surface area contributed by atoms with E-state index < -0.39 is 0 Å². The number of rotatable bonds is 2. The molecule has 0 radical (unpaired) electrons. The zero-order valence-electron chi connectivity index (χ0n) is 7.88. The molecule has 3 atom stereocenters. The van der Waals surface area contributed by atoms with E-state index in [0.29, 0.717) is 0 Å². The van der Waals surface area contributed by atoms with Crippen molar-refractivity contribution in [3.05, 3.63) is 0 Å². The molecule has 1 rings (SSSR count). The Labute approximate surface area is 69.8 Å². The molecule has 0 spiro atoms. The first-order valence-corrected chi connectivity index (χ1v) is 4.79. The number of hydrogen-bond acceptors (Lipinski definition) is 1. The Bertz CT molecular complexity index is 120. The zero-order chi connectivity index (χ0) is 8.43. The molecule has 0 saturated heterocycles. The van der Waals surface area contributed by atoms with E-state index in [2.05, 4.69) is 20.8 Å². The first-order chi connectivity index (χ1) is 5.11. The third kappa shape index (κ3) is 2.19. The first-order valence-electron chi connectivity index (χ1n) is 4.79. The third-order valence-corrected chi connectivity index (χ3v) is 3.24. The molecule has 0 bridgehead atoms. The van der Waals surface area contributed by atoms with Gasteiger partial charge in [0.15, 0.2) is 0 Å². The molecule has 3 unspecified atom stereocenters. The molecule has 1 fully saturated rings. The Balaban J connectivity index is 2.36. The highest BCUT2D eigenvalue weighted by Gasteiger charge is 2.28. The summed E-state index contributed by atoms with van der Waals surface area (Å²) >= 11 is 0. The maximum absolute atomic E-state index is 9.33. The van der Waals surface area contributed by atoms with Crippen molar-refractivity contribution in [1.82, 2.24) is 0 Å². The second-order valence-electron chi connectivity index (χ2n) is 4.33. The van der Waals surface area contributed by atoms with Crippen molar-refractivity contribution in [2.45, 2.75) is 46.1 Å². The highest BCUT2D eigenvalue weighted by Crippen LogP contribution is 2.34. The molecule has 0 aromatic rings. The van der Waals surface area contributed by atoms with Gasteiger partial charge in [0, 0.05) is 0 Å². The molecule has 11 heavy (non-hydrogen) atoms. The van der Waals surface area contributed by atoms with Crippen molar-refractivity contribution < 1.29 is 5.11 Å². The average molecular weight is 156 g/mol. The van der Waals surface area contributed by atoms with Crippen LogP contribution in [0.5, 0.6) is 0 Å². The van der Waals surface area contributed by atoms with Crippen LogP contribution in [0.1, 0.15) is 40.0 Å². The molecule has 0 aromatic carbocycles. The van der Waals surface area contributed by atoms with Crippen LogP contribution in [0.25, 0.3) is 0 Å². The van der Waals surface area contributed by atoms with Crippen molar-refractivity contribution >= 4 is 0 Å². The van der Waals surface area contributed by atoms with E-state index in [-0.39, 0.29) is 6.10 Å². The highest BCUT2D eigenvalue weighted by atomic mass is 16.3. The second kappa shape index (κ2) is 3.57. The normalized spacial score (nSPS) is 34.6. The highest BCUT2D eigenvalue weighted by molar-refractivity contribution is 4.79. The maximum atomic E-state index is 9.33. The minimum absolute atomic E-state index is 0.00111. The van der Waals surface area contributed by atoms with Crippen LogP contribution in [-0.2, 0) is 0 Å². The Hall–Kier alpha value is -0.0400. The SMILES string of the molecule is CC(C)C(C)C1CCC(O)C1. The van der Waals surface area contributed by atoms with Gasteiger partial charge in [0.25, 0.3) is 0 Å². The van der Waals surface area contributed by atoms with Crippen LogP contribution >= 0.6 is 0 Å². The summed E-state index contributed by atoms with van der Waals surface area (Å²) in [5.74, 6) is 2.34. The standard InChI is InChI=1S/C10H20O/c1-7(2)8(3)9-4-5-10(11)6-9/h7-11H,4-6H2,1-3H3. The Morgan fingerprint density at radius 3 is 2.18 bits per heavy atom. The van der Waals surface area contributed by atoms with E-state index in [9.17, 15) is 5.11 Å². The molecule has 1 aliphatic rings. The van der Waals surface area contributed by atoms with E-state index in [1.54, 1.807) is 0 Å². The van der Waals surface area contributed by atoms with Crippen LogP contribution in [0.4, 0.5) is 0 Å². The fourth-order valence-electron chi connectivity index (χ4n) is 2.01. The molecule has 66 valence electrons. The number of aliphatic hydroxyl groups excluding tert-OH is 1. The van der Waals surface area contributed by atoms with Gasteiger partial charge in [-0.15, -0.1) is 0 Å². The quantitative estimate of drug-likeness (QED) is 0.651. The molecule has 0 heterocycles. The van der Waals surface area contributed by atoms with Crippen molar-refractivity contribution in [1.29, 1.82) is 0 Å². The van der Waals surface area contributed by atoms with E-state index in [4.69, 9.17) is 0 Å². The van der Waals surface area contributed by atoms with Crippen LogP contribution < -0.4 is 0 Å². The molecule has 1 nitrogen and oxygen atoms in total. The van der Waals surface area contributed by atoms with Gasteiger partial charge in [0.1, 0.15) is 0 Å². The third-order valence-electron chi connectivity index (χ3n) is 3.24. The monoisotopic (exact) mass is 156 g/mol. The predicted octanol–water partition coefficient (Wildman–Crippen LogP) is 2.44. The predicted molar refractivity (Wildman–Crippen MR) is 47.3 cm³/mol. The van der Waals surface area contributed by atoms with Gasteiger partial charge in [-0.2, -0.15) is 0 Å². The summed E-state index contributed by atoms with van der Waals surface area (Å²) < 4.78 is 0. The van der Waals surface area contributed by atoms with Crippen LogP contribution in [-0.4, -0.2) is 11.2 Å². The van der Waals surface area contributed by atoms with Crippen molar-refractivity contribution in [3.63, 3.8) is 0 Å². The summed E-state index contributed by atoms with van der Waals surface area (Å²) in [7, 11) is 0. The average Bonchev–Trinajstić information content (AvgIpc) is 2.34. The van der Waals surface area contributed by atoms with Gasteiger partial charge in [-0.05, 0) is 37.0 Å². The lowest BCUT2D eigenvalue weighted by Gasteiger charge is -2.22. The van der Waals surface area contributed by atoms with Crippen LogP contribution in [0.15, 0.2) is 0 Å². The molecule has 0 aromatic heterocycles. The van der Waals surface area contributed by atoms with E-state index in [1.807, 2.05) is 0 Å². The fourth-order valence-corrected chi connectivity index (χ4v) is 2.01. The largest absolute Gasteiger partial charge is 0.393 e. The van der Waals surface area contributed by atoms with E-state index in [1.165, 1.54) is 6.42 Å². The molecule has 1 heteroatoms. The molecule has 1 aliphatic carbocycles. The van der Waals surface area contributed by atoms with Gasteiger partial charge < -0.3 is 5.11 Å². The van der Waals surface area contributed by atoms with Gasteiger partial charge in [0.2, 0.25) is 0 Å². The van der Waals surface area contributed by atoms with Crippen molar-refractivity contribution in [3.8, 4) is 0 Å². The summed E-state index contributed by atoms with van der Waals surface area (Å²) in [4.78, 5) is 0. The number of hydrogen-bond donors (Lipinski definition) is 1. The molecular formula is C10H20O. The lowest BCUT2D eigenvalue weighted by molar-refractivity contribution is 0.166. The molecule has 1 saturated carbocycles. The van der Waals surface area contributed by atoms with Crippen molar-refractivity contribution in [2.24, 2.45) is 17.8 Å². The Morgan fingerprint density at radius 1 is 1.18 bits per heavy atom. The molecule has 0 aliphatic heterocycles. The van der Waals surface area contributed by atoms with Gasteiger partial charge in [0.05, 0.1) is 6.10 Å². The maximum Gasteiger partial charge on any atom is 0.0543 e. The zero-order valence-corrected chi connectivity index (χ0v) is 7.88. The molecular weight excluding hydrogens is 136 g/mol. The fraction of sp³-hybridized carbons (Fsp3) is 1.00. The van der Waals surface area contributed by atoms with E-state index >= 15 is 0 Å². The minimum atomic E-state index is 0.00111. The Kier molecular flexibility index (Phi) is 2.94. The second-order valence-corrected chi connectivity index (χ2v) is 4.33. The smallest absolute Gasteiger partial charge is 0.0543 e. The van der Waals surface area contributed by atoms with Gasteiger partial charge in [-0.1, -0.05) is 20.8 Å². The summed E-state index contributed by atoms with van der Waals surface area (Å²) in [6.45, 7) is 6.86. The summed E-state index contributed by atoms with van der Waals surface area (Å²) in [5, 5.41) is 9.33. The van der Waals surface area contributed by atoms with Crippen LogP contribution in [0, 0.1) is 17.8 Å². The summed E-state index contributed by atoms with van der Waals surface area (Å²) in [5.41, 5.74) is 0. The lowest BCUT2D eigenvalue weighted by Crippen LogP contribution is -2.15. The molecule has 0 amide bonds. The topological polar surface area (TPSA) is 20.2 Å².